The Bertz CT molecular complexity index is 812. The molecule has 3 rings (SSSR count). The molecular formula is C16H15N5O2. The van der Waals surface area contributed by atoms with Gasteiger partial charge in [-0.1, -0.05) is 30.3 Å². The number of rotatable bonds is 4. The molecule has 0 aliphatic rings. The van der Waals surface area contributed by atoms with Crippen molar-refractivity contribution in [3.63, 3.8) is 0 Å². The third-order valence-corrected chi connectivity index (χ3v) is 3.25. The Hall–Kier alpha value is -3.22. The summed E-state index contributed by atoms with van der Waals surface area (Å²) in [6, 6.07) is 11.7. The van der Waals surface area contributed by atoms with Crippen molar-refractivity contribution >= 4 is 11.6 Å². The number of aryl methyl sites for hydroxylation is 1. The van der Waals surface area contributed by atoms with Crippen LogP contribution in [-0.4, -0.2) is 32.8 Å². The lowest BCUT2D eigenvalue weighted by molar-refractivity contribution is 0.101. The van der Waals surface area contributed by atoms with Crippen LogP contribution in [0.25, 0.3) is 11.3 Å². The van der Waals surface area contributed by atoms with Crippen LogP contribution in [0, 0.1) is 0 Å². The monoisotopic (exact) mass is 309 g/mol. The zero-order valence-electron chi connectivity index (χ0n) is 12.7. The standard InChI is InChI=1S/C16H15N5O2/c1-21-14(8-13(20-21)11-6-4-3-5-7-11)15(22)19-12-9-17-16(23-2)18-10-12/h3-10H,1-2H3,(H,19,22). The topological polar surface area (TPSA) is 81.9 Å². The highest BCUT2D eigenvalue weighted by Crippen LogP contribution is 2.19. The average molecular weight is 309 g/mol. The molecule has 2 heterocycles. The minimum absolute atomic E-state index is 0.245. The van der Waals surface area contributed by atoms with E-state index in [9.17, 15) is 4.79 Å². The molecule has 0 aliphatic carbocycles. The summed E-state index contributed by atoms with van der Waals surface area (Å²) >= 11 is 0. The number of aromatic nitrogens is 4. The van der Waals surface area contributed by atoms with Crippen molar-refractivity contribution in [1.29, 1.82) is 0 Å². The lowest BCUT2D eigenvalue weighted by Crippen LogP contribution is -2.16. The van der Waals surface area contributed by atoms with Gasteiger partial charge < -0.3 is 10.1 Å². The fourth-order valence-electron chi connectivity index (χ4n) is 2.11. The molecule has 0 aliphatic heterocycles. The molecule has 2 aromatic heterocycles. The number of anilines is 1. The van der Waals surface area contributed by atoms with Gasteiger partial charge in [0.25, 0.3) is 5.91 Å². The third kappa shape index (κ3) is 3.18. The Balaban J connectivity index is 1.81. The molecule has 0 radical (unpaired) electrons. The largest absolute Gasteiger partial charge is 0.467 e. The number of benzene rings is 1. The molecule has 0 unspecified atom stereocenters. The van der Waals surface area contributed by atoms with Crippen LogP contribution in [0.15, 0.2) is 48.8 Å². The van der Waals surface area contributed by atoms with E-state index in [1.54, 1.807) is 17.8 Å². The van der Waals surface area contributed by atoms with E-state index in [1.165, 1.54) is 19.5 Å². The van der Waals surface area contributed by atoms with Crippen LogP contribution in [0.4, 0.5) is 5.69 Å². The summed E-state index contributed by atoms with van der Waals surface area (Å²) in [5.41, 5.74) is 2.62. The first-order valence-electron chi connectivity index (χ1n) is 6.94. The Morgan fingerprint density at radius 3 is 2.52 bits per heavy atom. The normalized spacial score (nSPS) is 10.3. The molecular weight excluding hydrogens is 294 g/mol. The summed E-state index contributed by atoms with van der Waals surface area (Å²) < 4.78 is 6.42. The van der Waals surface area contributed by atoms with Gasteiger partial charge in [0.05, 0.1) is 30.9 Å². The molecule has 1 N–H and O–H groups in total. The van der Waals surface area contributed by atoms with E-state index in [1.807, 2.05) is 30.3 Å². The fourth-order valence-corrected chi connectivity index (χ4v) is 2.11. The zero-order chi connectivity index (χ0) is 16.2. The molecule has 0 saturated heterocycles. The summed E-state index contributed by atoms with van der Waals surface area (Å²) in [6.45, 7) is 0. The number of hydrogen-bond acceptors (Lipinski definition) is 5. The number of nitrogens with one attached hydrogen (secondary N) is 1. The highest BCUT2D eigenvalue weighted by molar-refractivity contribution is 6.03. The van der Waals surface area contributed by atoms with Crippen LogP contribution in [-0.2, 0) is 7.05 Å². The fraction of sp³-hybridized carbons (Fsp3) is 0.125. The van der Waals surface area contributed by atoms with Gasteiger partial charge in [-0.2, -0.15) is 5.10 Å². The SMILES string of the molecule is COc1ncc(NC(=O)c2cc(-c3ccccc3)nn2C)cn1. The van der Waals surface area contributed by atoms with Gasteiger partial charge in [0.2, 0.25) is 0 Å². The van der Waals surface area contributed by atoms with Gasteiger partial charge >= 0.3 is 6.01 Å². The highest BCUT2D eigenvalue weighted by atomic mass is 16.5. The van der Waals surface area contributed by atoms with Crippen molar-refractivity contribution < 1.29 is 9.53 Å². The maximum absolute atomic E-state index is 12.4. The Morgan fingerprint density at radius 2 is 1.87 bits per heavy atom. The number of carbonyl (C=O) groups excluding carboxylic acids is 1. The lowest BCUT2D eigenvalue weighted by atomic mass is 10.1. The summed E-state index contributed by atoms with van der Waals surface area (Å²) in [5, 5.41) is 7.11. The van der Waals surface area contributed by atoms with Crippen molar-refractivity contribution in [2.45, 2.75) is 0 Å². The maximum Gasteiger partial charge on any atom is 0.316 e. The van der Waals surface area contributed by atoms with Gasteiger partial charge in [-0.3, -0.25) is 9.48 Å². The number of methoxy groups -OCH3 is 1. The van der Waals surface area contributed by atoms with Crippen molar-refractivity contribution in [3.05, 3.63) is 54.5 Å². The van der Waals surface area contributed by atoms with E-state index in [-0.39, 0.29) is 11.9 Å². The summed E-state index contributed by atoms with van der Waals surface area (Å²) in [5.74, 6) is -0.282. The molecule has 0 fully saturated rings. The molecule has 1 aromatic carbocycles. The molecule has 0 saturated carbocycles. The van der Waals surface area contributed by atoms with Crippen LogP contribution in [0.3, 0.4) is 0 Å². The molecule has 116 valence electrons. The van der Waals surface area contributed by atoms with Crippen molar-refractivity contribution in [1.82, 2.24) is 19.7 Å². The van der Waals surface area contributed by atoms with E-state index in [0.717, 1.165) is 11.3 Å². The van der Waals surface area contributed by atoms with Crippen molar-refractivity contribution in [2.24, 2.45) is 7.05 Å². The lowest BCUT2D eigenvalue weighted by Gasteiger charge is -2.04. The Kier molecular flexibility index (Phi) is 4.01. The first-order chi connectivity index (χ1) is 11.2. The number of carbonyl (C=O) groups is 1. The van der Waals surface area contributed by atoms with Crippen LogP contribution in [0.1, 0.15) is 10.5 Å². The van der Waals surface area contributed by atoms with Crippen molar-refractivity contribution in [2.75, 3.05) is 12.4 Å². The van der Waals surface area contributed by atoms with E-state index in [2.05, 4.69) is 20.4 Å². The van der Waals surface area contributed by atoms with Crippen LogP contribution >= 0.6 is 0 Å². The van der Waals surface area contributed by atoms with Gasteiger partial charge in [-0.15, -0.1) is 0 Å². The number of hydrogen-bond donors (Lipinski definition) is 1. The number of amides is 1. The third-order valence-electron chi connectivity index (χ3n) is 3.25. The molecule has 3 aromatic rings. The molecule has 0 spiro atoms. The summed E-state index contributed by atoms with van der Waals surface area (Å²) in [4.78, 5) is 20.3. The minimum atomic E-state index is -0.282. The van der Waals surface area contributed by atoms with Crippen LogP contribution < -0.4 is 10.1 Å². The van der Waals surface area contributed by atoms with Gasteiger partial charge in [0, 0.05) is 12.6 Å². The second-order valence-electron chi connectivity index (χ2n) is 4.82. The zero-order valence-corrected chi connectivity index (χ0v) is 12.7. The van der Waals surface area contributed by atoms with Crippen molar-refractivity contribution in [3.8, 4) is 17.3 Å². The number of nitrogens with zero attached hydrogens (tertiary/aromatic N) is 4. The molecule has 7 heteroatoms. The van der Waals surface area contributed by atoms with E-state index < -0.39 is 0 Å². The quantitative estimate of drug-likeness (QED) is 0.798. The summed E-state index contributed by atoms with van der Waals surface area (Å²) in [7, 11) is 3.21. The smallest absolute Gasteiger partial charge is 0.316 e. The Morgan fingerprint density at radius 1 is 1.17 bits per heavy atom. The molecule has 0 atom stereocenters. The second-order valence-corrected chi connectivity index (χ2v) is 4.82. The van der Waals surface area contributed by atoms with Gasteiger partial charge in [0.1, 0.15) is 5.69 Å². The molecule has 1 amide bonds. The van der Waals surface area contributed by atoms with Crippen LogP contribution in [0.2, 0.25) is 0 Å². The molecule has 23 heavy (non-hydrogen) atoms. The molecule has 7 nitrogen and oxygen atoms in total. The van der Waals surface area contributed by atoms with Gasteiger partial charge in [-0.05, 0) is 6.07 Å². The first kappa shape index (κ1) is 14.7. The average Bonchev–Trinajstić information content (AvgIpc) is 2.98. The second kappa shape index (κ2) is 6.27. The van der Waals surface area contributed by atoms with E-state index >= 15 is 0 Å². The Labute approximate surface area is 133 Å². The van der Waals surface area contributed by atoms with Gasteiger partial charge in [-0.25, -0.2) is 9.97 Å². The predicted octanol–water partition coefficient (Wildman–Crippen LogP) is 2.14. The maximum atomic E-state index is 12.4. The minimum Gasteiger partial charge on any atom is -0.467 e. The van der Waals surface area contributed by atoms with Crippen LogP contribution in [0.5, 0.6) is 6.01 Å². The van der Waals surface area contributed by atoms with E-state index in [4.69, 9.17) is 4.74 Å². The predicted molar refractivity (Wildman–Crippen MR) is 85.2 cm³/mol. The summed E-state index contributed by atoms with van der Waals surface area (Å²) in [6.07, 6.45) is 2.97. The van der Waals surface area contributed by atoms with Gasteiger partial charge in [0.15, 0.2) is 0 Å². The first-order valence-corrected chi connectivity index (χ1v) is 6.94. The molecule has 0 bridgehead atoms. The van der Waals surface area contributed by atoms with E-state index in [0.29, 0.717) is 11.4 Å². The highest BCUT2D eigenvalue weighted by Gasteiger charge is 2.14. The number of ether oxygens (including phenoxy) is 1.